The van der Waals surface area contributed by atoms with E-state index in [1.807, 2.05) is 36.6 Å². The summed E-state index contributed by atoms with van der Waals surface area (Å²) in [6.45, 7) is 3.81. The first-order chi connectivity index (χ1) is 13.4. The Morgan fingerprint density at radius 1 is 1.00 bits per heavy atom. The Balaban J connectivity index is 2.01. The van der Waals surface area contributed by atoms with Gasteiger partial charge in [-0.05, 0) is 55.8 Å². The van der Waals surface area contributed by atoms with Crippen LogP contribution in [-0.4, -0.2) is 21.4 Å². The van der Waals surface area contributed by atoms with Gasteiger partial charge in [-0.1, -0.05) is 30.3 Å². The minimum atomic E-state index is -0.978. The highest BCUT2D eigenvalue weighted by Gasteiger charge is 2.15. The highest BCUT2D eigenvalue weighted by atomic mass is 16.4. The molecule has 0 saturated carbocycles. The van der Waals surface area contributed by atoms with Crippen molar-refractivity contribution >= 4 is 17.8 Å². The maximum atomic E-state index is 12.6. The van der Waals surface area contributed by atoms with E-state index in [1.165, 1.54) is 0 Å². The number of carbonyl (C=O) groups is 2. The number of hydrogen-bond acceptors (Lipinski definition) is 3. The number of benzene rings is 2. The number of allylic oxidation sites excluding steroid dienone is 1. The SMILES string of the molecule is Cc1cc(/C=C(\C#N)C(=O)c2ccccc2)c(C)n1-c1ccc(C(=O)O)cc1. The molecule has 3 aromatic rings. The lowest BCUT2D eigenvalue weighted by Gasteiger charge is -2.10. The number of nitriles is 1. The minimum Gasteiger partial charge on any atom is -0.478 e. The third-order valence-corrected chi connectivity index (χ3v) is 4.54. The van der Waals surface area contributed by atoms with Crippen LogP contribution in [0.5, 0.6) is 0 Å². The predicted octanol–water partition coefficient (Wildman–Crippen LogP) is 4.58. The lowest BCUT2D eigenvalue weighted by Crippen LogP contribution is -2.02. The largest absolute Gasteiger partial charge is 0.478 e. The number of aryl methyl sites for hydroxylation is 1. The fraction of sp³-hybridized carbons (Fsp3) is 0.0870. The molecule has 0 aliphatic heterocycles. The molecule has 0 unspecified atom stereocenters. The van der Waals surface area contributed by atoms with Crippen molar-refractivity contribution in [2.75, 3.05) is 0 Å². The Kier molecular flexibility index (Phi) is 5.23. The lowest BCUT2D eigenvalue weighted by molar-refractivity contribution is 0.0696. The molecule has 28 heavy (non-hydrogen) atoms. The molecular weight excluding hydrogens is 352 g/mol. The van der Waals surface area contributed by atoms with Crippen molar-refractivity contribution in [2.24, 2.45) is 0 Å². The molecule has 0 amide bonds. The molecule has 3 rings (SSSR count). The highest BCUT2D eigenvalue weighted by molar-refractivity contribution is 6.14. The van der Waals surface area contributed by atoms with Crippen molar-refractivity contribution in [3.05, 3.63) is 94.3 Å². The van der Waals surface area contributed by atoms with Gasteiger partial charge in [-0.2, -0.15) is 5.26 Å². The molecule has 0 radical (unpaired) electrons. The predicted molar refractivity (Wildman–Crippen MR) is 107 cm³/mol. The van der Waals surface area contributed by atoms with Crippen LogP contribution < -0.4 is 0 Å². The molecule has 0 atom stereocenters. The third-order valence-electron chi connectivity index (χ3n) is 4.54. The molecular formula is C23H18N2O3. The Morgan fingerprint density at radius 2 is 1.64 bits per heavy atom. The summed E-state index contributed by atoms with van der Waals surface area (Å²) in [5.41, 5.74) is 4.09. The number of carbonyl (C=O) groups excluding carboxylic acids is 1. The zero-order valence-corrected chi connectivity index (χ0v) is 15.5. The number of Topliss-reactive ketones (excluding diaryl/α,β-unsaturated/α-hetero) is 1. The number of carboxylic acids is 1. The number of rotatable bonds is 5. The summed E-state index contributed by atoms with van der Waals surface area (Å²) in [5.74, 6) is -1.30. The van der Waals surface area contributed by atoms with Crippen LogP contribution in [0.4, 0.5) is 0 Å². The number of hydrogen-bond donors (Lipinski definition) is 1. The summed E-state index contributed by atoms with van der Waals surface area (Å²) in [6.07, 6.45) is 1.60. The molecule has 1 heterocycles. The van der Waals surface area contributed by atoms with Gasteiger partial charge in [0.25, 0.3) is 0 Å². The second-order valence-electron chi connectivity index (χ2n) is 6.38. The number of aromatic carboxylic acids is 1. The lowest BCUT2D eigenvalue weighted by atomic mass is 10.0. The fourth-order valence-electron chi connectivity index (χ4n) is 3.13. The standard InChI is InChI=1S/C23H18N2O3/c1-15-12-19(13-20(14-24)22(26)17-6-4-3-5-7-17)16(2)25(15)21-10-8-18(9-11-21)23(27)28/h3-13H,1-2H3,(H,27,28)/b20-13+. The summed E-state index contributed by atoms with van der Waals surface area (Å²) in [6, 6.07) is 19.2. The fourth-order valence-corrected chi connectivity index (χ4v) is 3.13. The van der Waals surface area contributed by atoms with Gasteiger partial charge in [0.2, 0.25) is 5.78 Å². The summed E-state index contributed by atoms with van der Waals surface area (Å²) in [4.78, 5) is 23.6. The molecule has 0 bridgehead atoms. The Hall–Kier alpha value is -3.91. The minimum absolute atomic E-state index is 0.0627. The van der Waals surface area contributed by atoms with Crippen LogP contribution in [-0.2, 0) is 0 Å². The molecule has 0 spiro atoms. The van der Waals surface area contributed by atoms with Gasteiger partial charge in [-0.3, -0.25) is 4.79 Å². The van der Waals surface area contributed by atoms with Crippen LogP contribution in [0.1, 0.15) is 37.7 Å². The number of aromatic nitrogens is 1. The van der Waals surface area contributed by atoms with E-state index in [0.29, 0.717) is 5.56 Å². The second-order valence-corrected chi connectivity index (χ2v) is 6.38. The van der Waals surface area contributed by atoms with E-state index < -0.39 is 5.97 Å². The summed E-state index contributed by atoms with van der Waals surface area (Å²) in [5, 5.41) is 18.5. The average molecular weight is 370 g/mol. The Morgan fingerprint density at radius 3 is 2.21 bits per heavy atom. The zero-order chi connectivity index (χ0) is 20.3. The van der Waals surface area contributed by atoms with Gasteiger partial charge in [-0.15, -0.1) is 0 Å². The van der Waals surface area contributed by atoms with E-state index in [1.54, 1.807) is 54.6 Å². The van der Waals surface area contributed by atoms with Gasteiger partial charge in [-0.25, -0.2) is 4.79 Å². The molecule has 5 heteroatoms. The van der Waals surface area contributed by atoms with Crippen LogP contribution in [0.3, 0.4) is 0 Å². The molecule has 5 nitrogen and oxygen atoms in total. The monoisotopic (exact) mass is 370 g/mol. The Bertz CT molecular complexity index is 1120. The van der Waals surface area contributed by atoms with Crippen LogP contribution >= 0.6 is 0 Å². The smallest absolute Gasteiger partial charge is 0.335 e. The first-order valence-electron chi connectivity index (χ1n) is 8.66. The normalized spacial score (nSPS) is 11.1. The van der Waals surface area contributed by atoms with Gasteiger partial charge < -0.3 is 9.67 Å². The van der Waals surface area contributed by atoms with E-state index >= 15 is 0 Å². The zero-order valence-electron chi connectivity index (χ0n) is 15.5. The number of ketones is 1. The quantitative estimate of drug-likeness (QED) is 0.405. The van der Waals surface area contributed by atoms with Gasteiger partial charge in [0.05, 0.1) is 5.56 Å². The number of nitrogens with zero attached hydrogens (tertiary/aromatic N) is 2. The van der Waals surface area contributed by atoms with Gasteiger partial charge in [0, 0.05) is 22.6 Å². The molecule has 138 valence electrons. The van der Waals surface area contributed by atoms with Crippen molar-refractivity contribution in [2.45, 2.75) is 13.8 Å². The van der Waals surface area contributed by atoms with Crippen molar-refractivity contribution in [3.63, 3.8) is 0 Å². The summed E-state index contributed by atoms with van der Waals surface area (Å²) in [7, 11) is 0. The average Bonchev–Trinajstić information content (AvgIpc) is 2.99. The van der Waals surface area contributed by atoms with E-state index in [2.05, 4.69) is 0 Å². The van der Waals surface area contributed by atoms with E-state index in [4.69, 9.17) is 5.11 Å². The Labute approximate surface area is 162 Å². The van der Waals surface area contributed by atoms with Gasteiger partial charge in [0.1, 0.15) is 11.6 Å². The maximum absolute atomic E-state index is 12.6. The van der Waals surface area contributed by atoms with E-state index in [-0.39, 0.29) is 16.9 Å². The first-order valence-corrected chi connectivity index (χ1v) is 8.66. The van der Waals surface area contributed by atoms with Crippen molar-refractivity contribution < 1.29 is 14.7 Å². The summed E-state index contributed by atoms with van der Waals surface area (Å²) >= 11 is 0. The molecule has 0 saturated heterocycles. The summed E-state index contributed by atoms with van der Waals surface area (Å²) < 4.78 is 1.96. The van der Waals surface area contributed by atoms with Crippen LogP contribution in [0.2, 0.25) is 0 Å². The highest BCUT2D eigenvalue weighted by Crippen LogP contribution is 2.24. The molecule has 2 aromatic carbocycles. The van der Waals surface area contributed by atoms with E-state index in [0.717, 1.165) is 22.6 Å². The van der Waals surface area contributed by atoms with Crippen LogP contribution in [0, 0.1) is 25.2 Å². The maximum Gasteiger partial charge on any atom is 0.335 e. The van der Waals surface area contributed by atoms with Gasteiger partial charge in [0.15, 0.2) is 0 Å². The van der Waals surface area contributed by atoms with Crippen LogP contribution in [0.15, 0.2) is 66.2 Å². The van der Waals surface area contributed by atoms with E-state index in [9.17, 15) is 14.9 Å². The van der Waals surface area contributed by atoms with Crippen molar-refractivity contribution in [3.8, 4) is 11.8 Å². The molecule has 0 fully saturated rings. The second kappa shape index (κ2) is 7.77. The molecule has 1 N–H and O–H groups in total. The molecule has 0 aliphatic rings. The van der Waals surface area contributed by atoms with Gasteiger partial charge >= 0.3 is 5.97 Å². The topological polar surface area (TPSA) is 83.1 Å². The van der Waals surface area contributed by atoms with Crippen LogP contribution in [0.25, 0.3) is 11.8 Å². The van der Waals surface area contributed by atoms with Crippen molar-refractivity contribution in [1.82, 2.24) is 4.57 Å². The van der Waals surface area contributed by atoms with Crippen molar-refractivity contribution in [1.29, 1.82) is 5.26 Å². The molecule has 0 aliphatic carbocycles. The number of carboxylic acid groups (broad SMARTS) is 1. The third kappa shape index (κ3) is 3.62. The first kappa shape index (κ1) is 18.9. The molecule has 1 aromatic heterocycles.